The number of rotatable bonds is 9. The number of hydrogen-bond acceptors (Lipinski definition) is 6. The van der Waals surface area contributed by atoms with Crippen LogP contribution in [0, 0.1) is 11.8 Å². The first-order valence-corrected chi connectivity index (χ1v) is 19.8. The second-order valence-corrected chi connectivity index (χ2v) is 19.3. The van der Waals surface area contributed by atoms with Crippen LogP contribution in [0.15, 0.2) is 0 Å². The molecule has 0 aromatic heterocycles. The molecule has 4 aliphatic carbocycles. The summed E-state index contributed by atoms with van der Waals surface area (Å²) in [5, 5.41) is -1.20. The smallest absolute Gasteiger partial charge is 0.267 e. The molecule has 222 valence electrons. The highest BCUT2D eigenvalue weighted by atomic mass is 32.2. The maximum absolute atomic E-state index is 11.6. The molecule has 0 saturated heterocycles. The molecule has 38 heavy (non-hydrogen) atoms. The fourth-order valence-electron chi connectivity index (χ4n) is 8.00. The minimum absolute atomic E-state index is 0.207. The first-order valence-electron chi connectivity index (χ1n) is 14.5. The fraction of sp³-hybridized carbons (Fsp3) is 1.00. The average molecular weight is 615 g/mol. The molecule has 4 rings (SSSR count). The number of methoxy groups -OCH3 is 2. The second-order valence-electron chi connectivity index (χ2n) is 12.1. The Labute approximate surface area is 233 Å². The first-order chi connectivity index (χ1) is 18.0. The van der Waals surface area contributed by atoms with E-state index in [1.807, 2.05) is 14.2 Å². The molecule has 4 aliphatic rings. The van der Waals surface area contributed by atoms with Gasteiger partial charge in [-0.1, -0.05) is 12.8 Å². The van der Waals surface area contributed by atoms with Crippen LogP contribution in [0.5, 0.6) is 0 Å². The van der Waals surface area contributed by atoms with Crippen LogP contribution >= 0.6 is 17.2 Å². The zero-order valence-corrected chi connectivity index (χ0v) is 26.5. The molecule has 0 amide bonds. The molecule has 0 heterocycles. The molecule has 0 spiro atoms. The summed E-state index contributed by atoms with van der Waals surface area (Å²) in [4.78, 5) is 0. The minimum Gasteiger partial charge on any atom is -0.381 e. The standard InChI is InChI=1S/C26H48O8P2S2/c1-33-21-5-3-7-23(35-17-9-13-19(14-10-17)37(27,28)29)25(21)26-22(34-2)6-4-8-24(26)36-18-11-15-20(16-12-18)38(30,31)32/h17-26,35-36H,3-16H2,1-2H3,(H,27,28,29)(H,30,31,32). The molecular formula is C26H48O8P2S2. The minimum atomic E-state index is -3.95. The molecule has 4 saturated carbocycles. The molecule has 8 atom stereocenters. The monoisotopic (exact) mass is 614 g/mol. The van der Waals surface area contributed by atoms with Crippen LogP contribution in [0.4, 0.5) is 0 Å². The zero-order chi connectivity index (χ0) is 27.5. The highest BCUT2D eigenvalue weighted by molar-refractivity contribution is 7.86. The summed E-state index contributed by atoms with van der Waals surface area (Å²) >= 11 is 0. The second kappa shape index (κ2) is 13.7. The highest BCUT2D eigenvalue weighted by Crippen LogP contribution is 2.54. The van der Waals surface area contributed by atoms with Gasteiger partial charge in [-0.05, 0) is 112 Å². The van der Waals surface area contributed by atoms with E-state index >= 15 is 0 Å². The predicted molar refractivity (Wildman–Crippen MR) is 156 cm³/mol. The molecular weight excluding hydrogens is 566 g/mol. The molecule has 8 unspecified atom stereocenters. The van der Waals surface area contributed by atoms with E-state index in [0.29, 0.717) is 60.2 Å². The van der Waals surface area contributed by atoms with E-state index in [2.05, 4.69) is 0 Å². The maximum atomic E-state index is 11.6. The van der Waals surface area contributed by atoms with E-state index in [9.17, 15) is 25.9 Å². The van der Waals surface area contributed by atoms with Crippen molar-refractivity contribution < 1.29 is 35.4 Å². The van der Waals surface area contributed by atoms with Crippen molar-refractivity contribution in [1.29, 1.82) is 0 Å². The summed E-state index contributed by atoms with van der Waals surface area (Å²) in [5.41, 5.74) is 2.11. The summed E-state index contributed by atoms with van der Waals surface area (Å²) in [6.45, 7) is 0. The van der Waals surface area contributed by atoms with E-state index in [0.717, 1.165) is 68.5 Å². The summed E-state index contributed by atoms with van der Waals surface area (Å²) in [6.07, 6.45) is 12.9. The van der Waals surface area contributed by atoms with Gasteiger partial charge in [0.05, 0.1) is 22.7 Å². The molecule has 4 fully saturated rings. The van der Waals surface area contributed by atoms with Crippen LogP contribution in [-0.2, 0) is 29.7 Å². The quantitative estimate of drug-likeness (QED) is 0.271. The van der Waals surface area contributed by atoms with Crippen LogP contribution in [0.2, 0.25) is 0 Å². The van der Waals surface area contributed by atoms with Gasteiger partial charge in [-0.2, -0.15) is 16.8 Å². The number of ether oxygens (including phenoxy) is 2. The van der Waals surface area contributed by atoms with Crippen LogP contribution < -0.4 is 0 Å². The largest absolute Gasteiger partial charge is 0.381 e. The third-order valence-electron chi connectivity index (χ3n) is 9.94. The first kappa shape index (κ1) is 31.5. The van der Waals surface area contributed by atoms with Crippen molar-refractivity contribution in [3.05, 3.63) is 0 Å². The zero-order valence-electron chi connectivity index (χ0n) is 22.8. The predicted octanol–water partition coefficient (Wildman–Crippen LogP) is 5.11. The van der Waals surface area contributed by atoms with Crippen molar-refractivity contribution in [3.63, 3.8) is 0 Å². The van der Waals surface area contributed by atoms with Crippen molar-refractivity contribution in [2.75, 3.05) is 14.2 Å². The Balaban J connectivity index is 1.48. The Morgan fingerprint density at radius 3 is 1.18 bits per heavy atom. The van der Waals surface area contributed by atoms with Gasteiger partial charge >= 0.3 is 0 Å². The van der Waals surface area contributed by atoms with Gasteiger partial charge in [0.2, 0.25) is 0 Å². The Bertz CT molecular complexity index is 884. The van der Waals surface area contributed by atoms with Gasteiger partial charge in [0, 0.05) is 14.2 Å². The molecule has 0 aliphatic heterocycles. The molecule has 0 aromatic carbocycles. The normalized spacial score (nSPS) is 42.2. The van der Waals surface area contributed by atoms with Crippen molar-refractivity contribution in [2.45, 2.75) is 135 Å². The Hall–Kier alpha value is 0.600. The topological polar surface area (TPSA) is 127 Å². The van der Waals surface area contributed by atoms with Gasteiger partial charge in [-0.15, -0.1) is 17.2 Å². The maximum Gasteiger partial charge on any atom is 0.267 e. The van der Waals surface area contributed by atoms with Crippen LogP contribution in [0.3, 0.4) is 0 Å². The van der Waals surface area contributed by atoms with Gasteiger partial charge in [0.15, 0.2) is 0 Å². The van der Waals surface area contributed by atoms with Crippen molar-refractivity contribution in [3.8, 4) is 0 Å². The van der Waals surface area contributed by atoms with Crippen LogP contribution in [0.1, 0.15) is 89.9 Å². The lowest BCUT2D eigenvalue weighted by atomic mass is 9.69. The third kappa shape index (κ3) is 7.91. The molecule has 12 heteroatoms. The Morgan fingerprint density at radius 2 is 0.895 bits per heavy atom. The van der Waals surface area contributed by atoms with Gasteiger partial charge < -0.3 is 9.47 Å². The fourth-order valence-corrected chi connectivity index (χ4v) is 14.3. The van der Waals surface area contributed by atoms with Gasteiger partial charge in [-0.3, -0.25) is 9.11 Å². The molecule has 0 radical (unpaired) electrons. The van der Waals surface area contributed by atoms with Gasteiger partial charge in [0.1, 0.15) is 0 Å². The van der Waals surface area contributed by atoms with E-state index in [-0.39, 0.29) is 12.2 Å². The summed E-state index contributed by atoms with van der Waals surface area (Å²) < 4.78 is 77.9. The van der Waals surface area contributed by atoms with Gasteiger partial charge in [-0.25, -0.2) is 0 Å². The lowest BCUT2D eigenvalue weighted by molar-refractivity contribution is -0.0597. The molecule has 0 bridgehead atoms. The summed E-state index contributed by atoms with van der Waals surface area (Å²) in [6, 6.07) is 0. The highest BCUT2D eigenvalue weighted by Gasteiger charge is 2.48. The average Bonchev–Trinajstić information content (AvgIpc) is 2.88. The molecule has 2 N–H and O–H groups in total. The van der Waals surface area contributed by atoms with E-state index in [1.54, 1.807) is 0 Å². The van der Waals surface area contributed by atoms with E-state index in [4.69, 9.17) is 9.47 Å². The van der Waals surface area contributed by atoms with E-state index in [1.165, 1.54) is 12.8 Å². The van der Waals surface area contributed by atoms with Crippen molar-refractivity contribution >= 4 is 37.4 Å². The number of hydrogen-bond donors (Lipinski definition) is 2. The molecule has 8 nitrogen and oxygen atoms in total. The van der Waals surface area contributed by atoms with Crippen molar-refractivity contribution in [1.82, 2.24) is 0 Å². The van der Waals surface area contributed by atoms with E-state index < -0.39 is 30.7 Å². The molecule has 0 aromatic rings. The van der Waals surface area contributed by atoms with Gasteiger partial charge in [0.25, 0.3) is 20.2 Å². The summed E-state index contributed by atoms with van der Waals surface area (Å²) in [5.74, 6) is 0.839. The third-order valence-corrected chi connectivity index (χ3v) is 16.9. The Morgan fingerprint density at radius 1 is 0.553 bits per heavy atom. The lowest BCUT2D eigenvalue weighted by Gasteiger charge is -2.50. The van der Waals surface area contributed by atoms with Crippen LogP contribution in [0.25, 0.3) is 0 Å². The van der Waals surface area contributed by atoms with Crippen LogP contribution in [-0.4, -0.2) is 85.5 Å². The SMILES string of the molecule is COC1CCCC(PC2CCC(S(=O)(=O)O)CC2)C1C1C(OC)CCCC1PC1CCC(S(=O)(=O)O)CC1. The lowest BCUT2D eigenvalue weighted by Crippen LogP contribution is -2.50. The summed E-state index contributed by atoms with van der Waals surface area (Å²) in [7, 11) is -2.66. The Kier molecular flexibility index (Phi) is 11.4. The van der Waals surface area contributed by atoms with Crippen molar-refractivity contribution in [2.24, 2.45) is 11.8 Å².